The third-order valence-corrected chi connectivity index (χ3v) is 3.63. The summed E-state index contributed by atoms with van der Waals surface area (Å²) < 4.78 is 5.31. The lowest BCUT2D eigenvalue weighted by molar-refractivity contribution is -0.115. The Hall–Kier alpha value is -3.26. The number of hydrogen-bond donors (Lipinski definition) is 2. The molecular formula is C18H15N3O2. The fourth-order valence-corrected chi connectivity index (χ4v) is 2.51. The SMILES string of the molecule is COc1cccc2c(CC(=O)Nc3ccc(C#N)cc3)c[nH]c12. The number of aromatic amines is 1. The van der Waals surface area contributed by atoms with Crippen molar-refractivity contribution in [3.8, 4) is 11.8 Å². The Morgan fingerprint density at radius 2 is 2.04 bits per heavy atom. The van der Waals surface area contributed by atoms with Gasteiger partial charge in [-0.25, -0.2) is 0 Å². The molecule has 3 rings (SSSR count). The maximum atomic E-state index is 12.2. The number of carbonyl (C=O) groups is 1. The summed E-state index contributed by atoms with van der Waals surface area (Å²) in [7, 11) is 1.62. The van der Waals surface area contributed by atoms with E-state index >= 15 is 0 Å². The van der Waals surface area contributed by atoms with Crippen molar-refractivity contribution >= 4 is 22.5 Å². The minimum absolute atomic E-state index is 0.113. The van der Waals surface area contributed by atoms with Crippen LogP contribution < -0.4 is 10.1 Å². The van der Waals surface area contributed by atoms with E-state index in [-0.39, 0.29) is 12.3 Å². The summed E-state index contributed by atoms with van der Waals surface area (Å²) in [5, 5.41) is 12.6. The molecule has 2 aromatic carbocycles. The number of nitrogens with one attached hydrogen (secondary N) is 2. The summed E-state index contributed by atoms with van der Waals surface area (Å²) in [6, 6.07) is 14.6. The van der Waals surface area contributed by atoms with Crippen LogP contribution in [0.25, 0.3) is 10.9 Å². The fraction of sp³-hybridized carbons (Fsp3) is 0.111. The number of aromatic nitrogens is 1. The molecular weight excluding hydrogens is 290 g/mol. The second-order valence-electron chi connectivity index (χ2n) is 5.11. The first-order chi connectivity index (χ1) is 11.2. The number of carbonyl (C=O) groups excluding carboxylic acids is 1. The van der Waals surface area contributed by atoms with Gasteiger partial charge in [-0.3, -0.25) is 4.79 Å². The summed E-state index contributed by atoms with van der Waals surface area (Å²) in [4.78, 5) is 15.4. The molecule has 114 valence electrons. The van der Waals surface area contributed by atoms with E-state index in [2.05, 4.69) is 10.3 Å². The molecule has 0 saturated carbocycles. The first kappa shape index (κ1) is 14.7. The van der Waals surface area contributed by atoms with E-state index in [1.54, 1.807) is 31.4 Å². The molecule has 1 heterocycles. The monoisotopic (exact) mass is 305 g/mol. The highest BCUT2D eigenvalue weighted by Crippen LogP contribution is 2.27. The number of para-hydroxylation sites is 1. The zero-order valence-electron chi connectivity index (χ0n) is 12.6. The number of benzene rings is 2. The summed E-state index contributed by atoms with van der Waals surface area (Å²) in [5.41, 5.74) is 3.03. The molecule has 2 N–H and O–H groups in total. The van der Waals surface area contributed by atoms with E-state index in [1.165, 1.54) is 0 Å². The summed E-state index contributed by atoms with van der Waals surface area (Å²) in [6.07, 6.45) is 2.08. The number of methoxy groups -OCH3 is 1. The first-order valence-electron chi connectivity index (χ1n) is 7.14. The molecule has 1 aromatic heterocycles. The lowest BCUT2D eigenvalue weighted by atomic mass is 10.1. The minimum atomic E-state index is -0.113. The molecule has 23 heavy (non-hydrogen) atoms. The van der Waals surface area contributed by atoms with Gasteiger partial charge in [-0.15, -0.1) is 0 Å². The van der Waals surface area contributed by atoms with Crippen molar-refractivity contribution < 1.29 is 9.53 Å². The number of ether oxygens (including phenoxy) is 1. The summed E-state index contributed by atoms with van der Waals surface area (Å²) in [5.74, 6) is 0.639. The van der Waals surface area contributed by atoms with Crippen LogP contribution in [0.4, 0.5) is 5.69 Å². The van der Waals surface area contributed by atoms with Crippen molar-refractivity contribution in [1.82, 2.24) is 4.98 Å². The number of nitriles is 1. The molecule has 0 atom stereocenters. The van der Waals surface area contributed by atoms with Crippen molar-refractivity contribution in [2.24, 2.45) is 0 Å². The Morgan fingerprint density at radius 1 is 1.26 bits per heavy atom. The number of hydrogen-bond acceptors (Lipinski definition) is 3. The molecule has 0 unspecified atom stereocenters. The van der Waals surface area contributed by atoms with Gasteiger partial charge in [0.15, 0.2) is 0 Å². The van der Waals surface area contributed by atoms with Crippen molar-refractivity contribution in [3.05, 3.63) is 59.8 Å². The highest BCUT2D eigenvalue weighted by molar-refractivity contribution is 5.97. The average Bonchev–Trinajstić information content (AvgIpc) is 2.98. The van der Waals surface area contributed by atoms with E-state index in [0.717, 1.165) is 22.2 Å². The highest BCUT2D eigenvalue weighted by atomic mass is 16.5. The number of amides is 1. The smallest absolute Gasteiger partial charge is 0.228 e. The largest absolute Gasteiger partial charge is 0.495 e. The topological polar surface area (TPSA) is 77.9 Å². The molecule has 0 aliphatic heterocycles. The highest BCUT2D eigenvalue weighted by Gasteiger charge is 2.11. The molecule has 0 saturated heterocycles. The molecule has 0 aliphatic rings. The second kappa shape index (κ2) is 6.24. The number of anilines is 1. The first-order valence-corrected chi connectivity index (χ1v) is 7.14. The second-order valence-corrected chi connectivity index (χ2v) is 5.11. The molecule has 0 radical (unpaired) electrons. The van der Waals surface area contributed by atoms with Gasteiger partial charge in [0.05, 0.1) is 30.7 Å². The van der Waals surface area contributed by atoms with Crippen molar-refractivity contribution in [1.29, 1.82) is 5.26 Å². The van der Waals surface area contributed by atoms with Gasteiger partial charge in [-0.2, -0.15) is 5.26 Å². The predicted molar refractivity (Wildman–Crippen MR) is 88.3 cm³/mol. The van der Waals surface area contributed by atoms with Crippen LogP contribution in [0.1, 0.15) is 11.1 Å². The minimum Gasteiger partial charge on any atom is -0.495 e. The van der Waals surface area contributed by atoms with E-state index in [9.17, 15) is 4.79 Å². The van der Waals surface area contributed by atoms with E-state index in [4.69, 9.17) is 10.00 Å². The molecule has 1 amide bonds. The maximum absolute atomic E-state index is 12.2. The van der Waals surface area contributed by atoms with Gasteiger partial charge in [-0.1, -0.05) is 12.1 Å². The molecule has 0 aliphatic carbocycles. The predicted octanol–water partition coefficient (Wildman–Crippen LogP) is 3.23. The zero-order chi connectivity index (χ0) is 16.2. The van der Waals surface area contributed by atoms with Crippen LogP contribution in [0, 0.1) is 11.3 Å². The molecule has 5 heteroatoms. The Balaban J connectivity index is 1.76. The van der Waals surface area contributed by atoms with Crippen LogP contribution in [0.2, 0.25) is 0 Å². The average molecular weight is 305 g/mol. The fourth-order valence-electron chi connectivity index (χ4n) is 2.51. The molecule has 0 bridgehead atoms. The number of fused-ring (bicyclic) bond motifs is 1. The van der Waals surface area contributed by atoms with Gasteiger partial charge < -0.3 is 15.0 Å². The zero-order valence-corrected chi connectivity index (χ0v) is 12.6. The molecule has 5 nitrogen and oxygen atoms in total. The Kier molecular flexibility index (Phi) is 3.98. The van der Waals surface area contributed by atoms with Crippen LogP contribution >= 0.6 is 0 Å². The van der Waals surface area contributed by atoms with E-state index < -0.39 is 0 Å². The van der Waals surface area contributed by atoms with E-state index in [1.807, 2.05) is 30.5 Å². The number of rotatable bonds is 4. The van der Waals surface area contributed by atoms with Crippen molar-refractivity contribution in [3.63, 3.8) is 0 Å². The van der Waals surface area contributed by atoms with Crippen LogP contribution in [-0.2, 0) is 11.2 Å². The van der Waals surface area contributed by atoms with Gasteiger partial charge in [-0.05, 0) is 35.9 Å². The lowest BCUT2D eigenvalue weighted by Gasteiger charge is -2.05. The molecule has 0 spiro atoms. The Bertz CT molecular complexity index is 889. The van der Waals surface area contributed by atoms with Crippen LogP contribution in [0.3, 0.4) is 0 Å². The van der Waals surface area contributed by atoms with Crippen molar-refractivity contribution in [2.45, 2.75) is 6.42 Å². The van der Waals surface area contributed by atoms with Crippen LogP contribution in [0.15, 0.2) is 48.7 Å². The van der Waals surface area contributed by atoms with Gasteiger partial charge in [0.1, 0.15) is 5.75 Å². The van der Waals surface area contributed by atoms with Gasteiger partial charge in [0.25, 0.3) is 0 Å². The quantitative estimate of drug-likeness (QED) is 0.776. The third-order valence-electron chi connectivity index (χ3n) is 3.63. The normalized spacial score (nSPS) is 10.3. The summed E-state index contributed by atoms with van der Waals surface area (Å²) in [6.45, 7) is 0. The van der Waals surface area contributed by atoms with Crippen LogP contribution in [-0.4, -0.2) is 18.0 Å². The Labute approximate surface area is 133 Å². The molecule has 3 aromatic rings. The lowest BCUT2D eigenvalue weighted by Crippen LogP contribution is -2.14. The third kappa shape index (κ3) is 3.01. The number of nitrogens with zero attached hydrogens (tertiary/aromatic N) is 1. The Morgan fingerprint density at radius 3 is 2.74 bits per heavy atom. The van der Waals surface area contributed by atoms with E-state index in [0.29, 0.717) is 11.3 Å². The van der Waals surface area contributed by atoms with Gasteiger partial charge >= 0.3 is 0 Å². The standard InChI is InChI=1S/C18H15N3O2/c1-23-16-4-2-3-15-13(11-20-18(15)16)9-17(22)21-14-7-5-12(10-19)6-8-14/h2-8,11,20H,9H2,1H3,(H,21,22). The number of H-pyrrole nitrogens is 1. The van der Waals surface area contributed by atoms with Gasteiger partial charge in [0, 0.05) is 17.3 Å². The molecule has 0 fully saturated rings. The maximum Gasteiger partial charge on any atom is 0.228 e. The van der Waals surface area contributed by atoms with Crippen LogP contribution in [0.5, 0.6) is 5.75 Å². The van der Waals surface area contributed by atoms with Gasteiger partial charge in [0.2, 0.25) is 5.91 Å². The van der Waals surface area contributed by atoms with Crippen molar-refractivity contribution in [2.75, 3.05) is 12.4 Å². The summed E-state index contributed by atoms with van der Waals surface area (Å²) >= 11 is 0.